The summed E-state index contributed by atoms with van der Waals surface area (Å²) >= 11 is 0. The van der Waals surface area contributed by atoms with Gasteiger partial charge in [-0.1, -0.05) is 30.3 Å². The third-order valence-corrected chi connectivity index (χ3v) is 3.03. The summed E-state index contributed by atoms with van der Waals surface area (Å²) in [6.45, 7) is 3.10. The fraction of sp³-hybridized carbons (Fsp3) is 0.500. The Morgan fingerprint density at radius 2 is 2.00 bits per heavy atom. The van der Waals surface area contributed by atoms with Crippen molar-refractivity contribution in [1.29, 1.82) is 0 Å². The molecule has 1 aromatic carbocycles. The van der Waals surface area contributed by atoms with Crippen LogP contribution in [0.5, 0.6) is 0 Å². The molecule has 0 amide bonds. The highest BCUT2D eigenvalue weighted by Gasteiger charge is 2.49. The number of rotatable bonds is 2. The van der Waals surface area contributed by atoms with Crippen molar-refractivity contribution in [2.24, 2.45) is 0 Å². The Labute approximate surface area is 94.8 Å². The maximum Gasteiger partial charge on any atom is 0.168 e. The summed E-state index contributed by atoms with van der Waals surface area (Å²) in [5, 5.41) is 20.0. The smallest absolute Gasteiger partial charge is 0.168 e. The molecule has 0 aromatic heterocycles. The predicted octanol–water partition coefficient (Wildman–Crippen LogP) is 1.11. The predicted molar refractivity (Wildman–Crippen MR) is 59.3 cm³/mol. The van der Waals surface area contributed by atoms with Crippen LogP contribution in [-0.2, 0) is 4.84 Å². The van der Waals surface area contributed by atoms with Crippen molar-refractivity contribution < 1.29 is 15.1 Å². The van der Waals surface area contributed by atoms with Gasteiger partial charge in [0.25, 0.3) is 0 Å². The standard InChI is InChI=1S/C12H17NO3/c1-11(2,14)12(15)8-10(16-13-12)9-6-4-3-5-7-9/h3-7,10,13-15H,8H2,1-2H3/t10-,12+/m0/s1. The van der Waals surface area contributed by atoms with E-state index in [1.165, 1.54) is 0 Å². The topological polar surface area (TPSA) is 61.7 Å². The van der Waals surface area contributed by atoms with E-state index >= 15 is 0 Å². The van der Waals surface area contributed by atoms with Crippen LogP contribution in [0.15, 0.2) is 30.3 Å². The molecule has 0 spiro atoms. The molecule has 1 heterocycles. The SMILES string of the molecule is CC(C)(O)[C@]1(O)C[C@@H](c2ccccc2)ON1. The first kappa shape index (κ1) is 11.5. The molecule has 16 heavy (non-hydrogen) atoms. The van der Waals surface area contributed by atoms with Crippen LogP contribution in [0.3, 0.4) is 0 Å². The average Bonchev–Trinajstić information content (AvgIpc) is 2.63. The number of hydrogen-bond acceptors (Lipinski definition) is 4. The second-order valence-corrected chi connectivity index (χ2v) is 4.74. The summed E-state index contributed by atoms with van der Waals surface area (Å²) in [6, 6.07) is 9.62. The highest BCUT2D eigenvalue weighted by molar-refractivity contribution is 5.19. The van der Waals surface area contributed by atoms with Gasteiger partial charge in [-0.15, -0.1) is 0 Å². The van der Waals surface area contributed by atoms with E-state index in [0.29, 0.717) is 6.42 Å². The van der Waals surface area contributed by atoms with Gasteiger partial charge in [0.15, 0.2) is 5.72 Å². The zero-order valence-electron chi connectivity index (χ0n) is 9.47. The van der Waals surface area contributed by atoms with Crippen molar-refractivity contribution >= 4 is 0 Å². The van der Waals surface area contributed by atoms with Gasteiger partial charge in [0.05, 0.1) is 0 Å². The minimum Gasteiger partial charge on any atom is -0.386 e. The molecule has 4 heteroatoms. The molecule has 0 aliphatic carbocycles. The summed E-state index contributed by atoms with van der Waals surface area (Å²) in [4.78, 5) is 5.32. The lowest BCUT2D eigenvalue weighted by Crippen LogP contribution is -2.56. The van der Waals surface area contributed by atoms with E-state index in [9.17, 15) is 10.2 Å². The minimum absolute atomic E-state index is 0.238. The molecule has 0 radical (unpaired) electrons. The lowest BCUT2D eigenvalue weighted by Gasteiger charge is -2.33. The van der Waals surface area contributed by atoms with Crippen molar-refractivity contribution in [2.45, 2.75) is 37.7 Å². The van der Waals surface area contributed by atoms with E-state index in [4.69, 9.17) is 4.84 Å². The van der Waals surface area contributed by atoms with Gasteiger partial charge in [-0.05, 0) is 19.4 Å². The molecule has 1 fully saturated rings. The maximum absolute atomic E-state index is 10.2. The van der Waals surface area contributed by atoms with Crippen molar-refractivity contribution in [3.63, 3.8) is 0 Å². The first-order chi connectivity index (χ1) is 7.42. The molecule has 0 saturated carbocycles. The number of aliphatic hydroxyl groups is 2. The summed E-state index contributed by atoms with van der Waals surface area (Å²) < 4.78 is 0. The van der Waals surface area contributed by atoms with E-state index in [1.807, 2.05) is 30.3 Å². The molecular weight excluding hydrogens is 206 g/mol. The van der Waals surface area contributed by atoms with Crippen LogP contribution in [-0.4, -0.2) is 21.5 Å². The lowest BCUT2D eigenvalue weighted by atomic mass is 9.89. The summed E-state index contributed by atoms with van der Waals surface area (Å²) in [6.07, 6.45) is 0.0816. The Balaban J connectivity index is 2.15. The number of hydrogen-bond donors (Lipinski definition) is 3. The monoisotopic (exact) mass is 223 g/mol. The lowest BCUT2D eigenvalue weighted by molar-refractivity contribution is -0.173. The van der Waals surface area contributed by atoms with Crippen LogP contribution in [0.1, 0.15) is 31.9 Å². The minimum atomic E-state index is -1.41. The molecule has 2 rings (SSSR count). The Hall–Kier alpha value is -0.940. The molecule has 0 bridgehead atoms. The second kappa shape index (κ2) is 3.82. The molecule has 1 aromatic rings. The summed E-state index contributed by atoms with van der Waals surface area (Å²) in [5.74, 6) is 0. The Kier molecular flexibility index (Phi) is 2.75. The molecule has 4 nitrogen and oxygen atoms in total. The van der Waals surface area contributed by atoms with Gasteiger partial charge in [0.1, 0.15) is 11.7 Å². The van der Waals surface area contributed by atoms with Crippen LogP contribution in [0.4, 0.5) is 0 Å². The van der Waals surface area contributed by atoms with E-state index in [2.05, 4.69) is 5.48 Å². The van der Waals surface area contributed by atoms with Crippen LogP contribution in [0.25, 0.3) is 0 Å². The third-order valence-electron chi connectivity index (χ3n) is 3.03. The second-order valence-electron chi connectivity index (χ2n) is 4.74. The van der Waals surface area contributed by atoms with Gasteiger partial charge in [-0.3, -0.25) is 4.84 Å². The van der Waals surface area contributed by atoms with Gasteiger partial charge >= 0.3 is 0 Å². The van der Waals surface area contributed by atoms with Gasteiger partial charge in [0, 0.05) is 6.42 Å². The summed E-state index contributed by atoms with van der Waals surface area (Å²) in [7, 11) is 0. The molecule has 0 unspecified atom stereocenters. The number of benzene rings is 1. The molecule has 1 saturated heterocycles. The van der Waals surface area contributed by atoms with Gasteiger partial charge < -0.3 is 10.2 Å². The summed E-state index contributed by atoms with van der Waals surface area (Å²) in [5.41, 5.74) is 0.846. The molecule has 3 N–H and O–H groups in total. The average molecular weight is 223 g/mol. The highest BCUT2D eigenvalue weighted by Crippen LogP contribution is 2.37. The van der Waals surface area contributed by atoms with Crippen molar-refractivity contribution in [3.05, 3.63) is 35.9 Å². The van der Waals surface area contributed by atoms with Gasteiger partial charge in [-0.2, -0.15) is 5.48 Å². The Morgan fingerprint density at radius 1 is 1.38 bits per heavy atom. The van der Waals surface area contributed by atoms with Gasteiger partial charge in [0.2, 0.25) is 0 Å². The maximum atomic E-state index is 10.2. The normalized spacial score (nSPS) is 30.6. The van der Waals surface area contributed by atoms with Crippen molar-refractivity contribution in [2.75, 3.05) is 0 Å². The Morgan fingerprint density at radius 3 is 2.50 bits per heavy atom. The van der Waals surface area contributed by atoms with Crippen LogP contribution < -0.4 is 5.48 Å². The molecule has 88 valence electrons. The first-order valence-electron chi connectivity index (χ1n) is 5.35. The Bertz CT molecular complexity index is 360. The van der Waals surface area contributed by atoms with E-state index in [1.54, 1.807) is 13.8 Å². The molecule has 1 aliphatic heterocycles. The quantitative estimate of drug-likeness (QED) is 0.703. The van der Waals surface area contributed by atoms with Crippen LogP contribution in [0, 0.1) is 0 Å². The van der Waals surface area contributed by atoms with Crippen LogP contribution in [0.2, 0.25) is 0 Å². The first-order valence-corrected chi connectivity index (χ1v) is 5.35. The third kappa shape index (κ3) is 1.97. The number of nitrogens with one attached hydrogen (secondary N) is 1. The molecular formula is C12H17NO3. The highest BCUT2D eigenvalue weighted by atomic mass is 16.7. The fourth-order valence-electron chi connectivity index (χ4n) is 1.75. The fourth-order valence-corrected chi connectivity index (χ4v) is 1.75. The van der Waals surface area contributed by atoms with Crippen LogP contribution >= 0.6 is 0 Å². The molecule has 1 aliphatic rings. The zero-order chi connectivity index (χ0) is 11.8. The van der Waals surface area contributed by atoms with Gasteiger partial charge in [-0.25, -0.2) is 0 Å². The van der Waals surface area contributed by atoms with Crippen molar-refractivity contribution in [3.8, 4) is 0 Å². The number of hydroxylamine groups is 1. The zero-order valence-corrected chi connectivity index (χ0v) is 9.47. The van der Waals surface area contributed by atoms with Crippen molar-refractivity contribution in [1.82, 2.24) is 5.48 Å². The largest absolute Gasteiger partial charge is 0.386 e. The molecule has 2 atom stereocenters. The van der Waals surface area contributed by atoms with E-state index in [0.717, 1.165) is 5.56 Å². The van der Waals surface area contributed by atoms with E-state index in [-0.39, 0.29) is 6.10 Å². The van der Waals surface area contributed by atoms with E-state index < -0.39 is 11.3 Å².